The average molecular weight is 265 g/mol. The Balaban J connectivity index is 2.43. The molecule has 1 aromatic carbocycles. The van der Waals surface area contributed by atoms with Gasteiger partial charge in [0.1, 0.15) is 0 Å². The Bertz CT molecular complexity index is 431. The van der Waals surface area contributed by atoms with Crippen LogP contribution < -0.4 is 5.32 Å². The smallest absolute Gasteiger partial charge is 0.307 e. The van der Waals surface area contributed by atoms with Gasteiger partial charge in [-0.1, -0.05) is 19.1 Å². The van der Waals surface area contributed by atoms with Crippen LogP contribution in [0.4, 0.5) is 5.69 Å². The second-order valence-electron chi connectivity index (χ2n) is 4.18. The topological polar surface area (TPSA) is 75.6 Å². The van der Waals surface area contributed by atoms with Gasteiger partial charge in [0.25, 0.3) is 0 Å². The molecule has 104 valence electrons. The van der Waals surface area contributed by atoms with Crippen LogP contribution in [0.1, 0.15) is 25.3 Å². The van der Waals surface area contributed by atoms with E-state index in [1.165, 1.54) is 0 Å². The van der Waals surface area contributed by atoms with Gasteiger partial charge in [0.15, 0.2) is 0 Å². The van der Waals surface area contributed by atoms with Crippen LogP contribution in [0.5, 0.6) is 0 Å². The molecule has 5 nitrogen and oxygen atoms in total. The number of hydrogen-bond donors (Lipinski definition) is 2. The highest BCUT2D eigenvalue weighted by Crippen LogP contribution is 2.11. The molecule has 5 heteroatoms. The number of anilines is 1. The van der Waals surface area contributed by atoms with E-state index in [9.17, 15) is 9.59 Å². The number of benzene rings is 1. The Hall–Kier alpha value is -1.88. The quantitative estimate of drug-likeness (QED) is 0.705. The summed E-state index contributed by atoms with van der Waals surface area (Å²) >= 11 is 0. The Morgan fingerprint density at radius 2 is 2.11 bits per heavy atom. The summed E-state index contributed by atoms with van der Waals surface area (Å²) in [6.07, 6.45) is 1.17. The van der Waals surface area contributed by atoms with Crippen molar-refractivity contribution in [1.29, 1.82) is 0 Å². The number of carboxylic acid groups (broad SMARTS) is 1. The van der Waals surface area contributed by atoms with Gasteiger partial charge in [0, 0.05) is 12.3 Å². The second-order valence-corrected chi connectivity index (χ2v) is 4.18. The SMILES string of the molecule is CCCOCCC(=O)Nc1cccc(CC(=O)O)c1. The van der Waals surface area contributed by atoms with Gasteiger partial charge in [-0.25, -0.2) is 0 Å². The van der Waals surface area contributed by atoms with Crippen molar-refractivity contribution in [3.63, 3.8) is 0 Å². The van der Waals surface area contributed by atoms with Gasteiger partial charge in [-0.15, -0.1) is 0 Å². The van der Waals surface area contributed by atoms with E-state index >= 15 is 0 Å². The van der Waals surface area contributed by atoms with Crippen LogP contribution in [0.2, 0.25) is 0 Å². The molecule has 0 aliphatic rings. The van der Waals surface area contributed by atoms with Crippen molar-refractivity contribution in [2.45, 2.75) is 26.2 Å². The van der Waals surface area contributed by atoms with E-state index < -0.39 is 5.97 Å². The zero-order valence-electron chi connectivity index (χ0n) is 11.0. The molecule has 0 saturated heterocycles. The number of amides is 1. The molecule has 0 fully saturated rings. The summed E-state index contributed by atoms with van der Waals surface area (Å²) in [4.78, 5) is 22.2. The molecule has 1 aromatic rings. The van der Waals surface area contributed by atoms with E-state index in [-0.39, 0.29) is 12.3 Å². The molecule has 0 bridgehead atoms. The number of carbonyl (C=O) groups is 2. The first kappa shape index (κ1) is 15.2. The average Bonchev–Trinajstić information content (AvgIpc) is 2.34. The largest absolute Gasteiger partial charge is 0.481 e. The fourth-order valence-electron chi connectivity index (χ4n) is 1.57. The summed E-state index contributed by atoms with van der Waals surface area (Å²) in [5.41, 5.74) is 1.27. The van der Waals surface area contributed by atoms with Crippen molar-refractivity contribution < 1.29 is 19.4 Å². The summed E-state index contributed by atoms with van der Waals surface area (Å²) < 4.78 is 5.23. The van der Waals surface area contributed by atoms with Gasteiger partial charge >= 0.3 is 5.97 Å². The molecule has 0 atom stereocenters. The second kappa shape index (κ2) is 8.26. The molecule has 0 radical (unpaired) electrons. The number of aliphatic carboxylic acids is 1. The Kier molecular flexibility index (Phi) is 6.60. The molecular weight excluding hydrogens is 246 g/mol. The molecule has 0 heterocycles. The van der Waals surface area contributed by atoms with Gasteiger partial charge in [0.05, 0.1) is 19.4 Å². The van der Waals surface area contributed by atoms with E-state index in [0.717, 1.165) is 6.42 Å². The highest BCUT2D eigenvalue weighted by atomic mass is 16.5. The van der Waals surface area contributed by atoms with Crippen LogP contribution in [0.3, 0.4) is 0 Å². The minimum Gasteiger partial charge on any atom is -0.481 e. The van der Waals surface area contributed by atoms with Gasteiger partial charge in [-0.2, -0.15) is 0 Å². The maximum absolute atomic E-state index is 11.6. The van der Waals surface area contributed by atoms with Crippen molar-refractivity contribution in [3.8, 4) is 0 Å². The number of ether oxygens (including phenoxy) is 1. The summed E-state index contributed by atoms with van der Waals surface area (Å²) in [6, 6.07) is 6.84. The predicted octanol–water partition coefficient (Wildman–Crippen LogP) is 2.07. The summed E-state index contributed by atoms with van der Waals surface area (Å²) in [7, 11) is 0. The molecule has 0 spiro atoms. The van der Waals surface area contributed by atoms with Crippen molar-refractivity contribution in [2.75, 3.05) is 18.5 Å². The molecule has 2 N–H and O–H groups in total. The first-order valence-electron chi connectivity index (χ1n) is 6.30. The van der Waals surface area contributed by atoms with E-state index in [1.807, 2.05) is 6.92 Å². The van der Waals surface area contributed by atoms with Gasteiger partial charge in [-0.3, -0.25) is 9.59 Å². The van der Waals surface area contributed by atoms with E-state index in [0.29, 0.717) is 30.9 Å². The third kappa shape index (κ3) is 6.57. The molecule has 0 aliphatic heterocycles. The fourth-order valence-corrected chi connectivity index (χ4v) is 1.57. The van der Waals surface area contributed by atoms with Gasteiger partial charge < -0.3 is 15.2 Å². The molecule has 0 unspecified atom stereocenters. The number of carbonyl (C=O) groups excluding carboxylic acids is 1. The van der Waals surface area contributed by atoms with E-state index in [1.54, 1.807) is 24.3 Å². The van der Waals surface area contributed by atoms with Crippen LogP contribution in [0.15, 0.2) is 24.3 Å². The first-order valence-corrected chi connectivity index (χ1v) is 6.30. The standard InChI is InChI=1S/C14H19NO4/c1-2-7-19-8-6-13(16)15-12-5-3-4-11(9-12)10-14(17)18/h3-5,9H,2,6-8,10H2,1H3,(H,15,16)(H,17,18). The number of carboxylic acids is 1. The lowest BCUT2D eigenvalue weighted by molar-refractivity contribution is -0.136. The van der Waals surface area contributed by atoms with Crippen molar-refractivity contribution in [2.24, 2.45) is 0 Å². The van der Waals surface area contributed by atoms with Crippen molar-refractivity contribution in [3.05, 3.63) is 29.8 Å². The fraction of sp³-hybridized carbons (Fsp3) is 0.429. The Morgan fingerprint density at radius 1 is 1.32 bits per heavy atom. The Morgan fingerprint density at radius 3 is 2.79 bits per heavy atom. The monoisotopic (exact) mass is 265 g/mol. The zero-order chi connectivity index (χ0) is 14.1. The van der Waals surface area contributed by atoms with Crippen LogP contribution in [0.25, 0.3) is 0 Å². The third-order valence-corrected chi connectivity index (χ3v) is 2.39. The lowest BCUT2D eigenvalue weighted by atomic mass is 10.1. The van der Waals surface area contributed by atoms with Crippen LogP contribution >= 0.6 is 0 Å². The molecule has 1 rings (SSSR count). The van der Waals surface area contributed by atoms with Gasteiger partial charge in [0.2, 0.25) is 5.91 Å². The molecule has 0 aliphatic carbocycles. The van der Waals surface area contributed by atoms with Crippen LogP contribution in [-0.4, -0.2) is 30.2 Å². The van der Waals surface area contributed by atoms with Crippen LogP contribution in [-0.2, 0) is 20.7 Å². The maximum atomic E-state index is 11.6. The normalized spacial score (nSPS) is 10.2. The number of nitrogens with one attached hydrogen (secondary N) is 1. The van der Waals surface area contributed by atoms with Crippen molar-refractivity contribution >= 4 is 17.6 Å². The molecule has 0 aromatic heterocycles. The first-order chi connectivity index (χ1) is 9.11. The molecule has 1 amide bonds. The predicted molar refractivity (Wildman–Crippen MR) is 72.1 cm³/mol. The number of hydrogen-bond acceptors (Lipinski definition) is 3. The lowest BCUT2D eigenvalue weighted by Crippen LogP contribution is -2.14. The lowest BCUT2D eigenvalue weighted by Gasteiger charge is -2.07. The summed E-state index contributed by atoms with van der Waals surface area (Å²) in [5, 5.41) is 11.4. The number of rotatable bonds is 8. The van der Waals surface area contributed by atoms with Crippen LogP contribution in [0, 0.1) is 0 Å². The molecule has 19 heavy (non-hydrogen) atoms. The van der Waals surface area contributed by atoms with Gasteiger partial charge in [-0.05, 0) is 24.1 Å². The molecular formula is C14H19NO4. The van der Waals surface area contributed by atoms with Crippen molar-refractivity contribution in [1.82, 2.24) is 0 Å². The highest BCUT2D eigenvalue weighted by molar-refractivity contribution is 5.90. The minimum absolute atomic E-state index is 0.0523. The summed E-state index contributed by atoms with van der Waals surface area (Å²) in [6.45, 7) is 3.06. The zero-order valence-corrected chi connectivity index (χ0v) is 11.0. The Labute approximate surface area is 112 Å². The third-order valence-electron chi connectivity index (χ3n) is 2.39. The maximum Gasteiger partial charge on any atom is 0.307 e. The highest BCUT2D eigenvalue weighted by Gasteiger charge is 2.05. The summed E-state index contributed by atoms with van der Waals surface area (Å²) in [5.74, 6) is -1.03. The molecule has 0 saturated carbocycles. The van der Waals surface area contributed by atoms with E-state index in [4.69, 9.17) is 9.84 Å². The minimum atomic E-state index is -0.892. The van der Waals surface area contributed by atoms with E-state index in [2.05, 4.69) is 5.32 Å².